The summed E-state index contributed by atoms with van der Waals surface area (Å²) >= 11 is 5.88. The number of amides is 1. The van der Waals surface area contributed by atoms with Crippen molar-refractivity contribution in [3.63, 3.8) is 0 Å². The summed E-state index contributed by atoms with van der Waals surface area (Å²) in [5.74, 6) is -0.322. The van der Waals surface area contributed by atoms with E-state index in [2.05, 4.69) is 10.5 Å². The van der Waals surface area contributed by atoms with Gasteiger partial charge in [-0.3, -0.25) is 4.79 Å². The molecule has 0 saturated carbocycles. The first-order valence-electron chi connectivity index (χ1n) is 5.75. The summed E-state index contributed by atoms with van der Waals surface area (Å²) in [5.41, 5.74) is 1.30. The van der Waals surface area contributed by atoms with Gasteiger partial charge < -0.3 is 14.9 Å². The van der Waals surface area contributed by atoms with Crippen LogP contribution in [0.25, 0.3) is 11.3 Å². The smallest absolute Gasteiger partial charge is 0.290 e. The van der Waals surface area contributed by atoms with Crippen molar-refractivity contribution in [2.24, 2.45) is 0 Å². The van der Waals surface area contributed by atoms with Crippen LogP contribution in [0.5, 0.6) is 0 Å². The van der Waals surface area contributed by atoms with E-state index in [1.54, 1.807) is 25.1 Å². The number of aliphatic hydroxyl groups is 1. The van der Waals surface area contributed by atoms with Crippen molar-refractivity contribution in [3.8, 4) is 11.3 Å². The number of carbonyl (C=O) groups excluding carboxylic acids is 1. The number of hydrogen-bond donors (Lipinski definition) is 2. The lowest BCUT2D eigenvalue weighted by molar-refractivity contribution is 0.0887. The summed E-state index contributed by atoms with van der Waals surface area (Å²) < 4.78 is 4.97. The van der Waals surface area contributed by atoms with Crippen LogP contribution in [0.3, 0.4) is 0 Å². The van der Waals surface area contributed by atoms with Crippen molar-refractivity contribution in [1.29, 1.82) is 0 Å². The molecule has 5 nitrogen and oxygen atoms in total. The third-order valence-corrected chi connectivity index (χ3v) is 2.65. The van der Waals surface area contributed by atoms with Crippen molar-refractivity contribution in [2.75, 3.05) is 6.54 Å². The van der Waals surface area contributed by atoms with Gasteiger partial charge >= 0.3 is 0 Å². The molecule has 6 heteroatoms. The van der Waals surface area contributed by atoms with Crippen LogP contribution in [0, 0.1) is 0 Å². The van der Waals surface area contributed by atoms with E-state index < -0.39 is 12.0 Å². The number of aromatic nitrogens is 1. The van der Waals surface area contributed by atoms with E-state index in [0.29, 0.717) is 10.7 Å². The molecule has 2 rings (SSSR count). The standard InChI is InChI=1S/C13H13ClN2O3/c1-8(17)7-15-13(18)12-6-11(16-19-12)9-3-2-4-10(14)5-9/h2-6,8,17H,7H2,1H3,(H,15,18)/t8-/m0/s1. The molecule has 0 bridgehead atoms. The van der Waals surface area contributed by atoms with Gasteiger partial charge in [-0.1, -0.05) is 28.9 Å². The maximum absolute atomic E-state index is 11.7. The van der Waals surface area contributed by atoms with E-state index in [0.717, 1.165) is 5.56 Å². The number of carbonyl (C=O) groups is 1. The lowest BCUT2D eigenvalue weighted by Gasteiger charge is -2.03. The van der Waals surface area contributed by atoms with Gasteiger partial charge in [-0.15, -0.1) is 0 Å². The van der Waals surface area contributed by atoms with Crippen molar-refractivity contribution in [1.82, 2.24) is 10.5 Å². The molecule has 1 heterocycles. The second kappa shape index (κ2) is 5.86. The summed E-state index contributed by atoms with van der Waals surface area (Å²) in [5, 5.41) is 16.0. The van der Waals surface area contributed by atoms with E-state index >= 15 is 0 Å². The summed E-state index contributed by atoms with van der Waals surface area (Å²) in [6, 6.07) is 8.63. The summed E-state index contributed by atoms with van der Waals surface area (Å²) in [6.07, 6.45) is -0.612. The van der Waals surface area contributed by atoms with Crippen LogP contribution in [0.2, 0.25) is 5.02 Å². The number of halogens is 1. The lowest BCUT2D eigenvalue weighted by Crippen LogP contribution is -2.30. The van der Waals surface area contributed by atoms with Crippen molar-refractivity contribution in [2.45, 2.75) is 13.0 Å². The van der Waals surface area contributed by atoms with Gasteiger partial charge in [0.05, 0.1) is 6.10 Å². The molecular formula is C13H13ClN2O3. The largest absolute Gasteiger partial charge is 0.392 e. The second-order valence-corrected chi connectivity index (χ2v) is 4.58. The van der Waals surface area contributed by atoms with E-state index in [4.69, 9.17) is 21.2 Å². The number of benzene rings is 1. The number of rotatable bonds is 4. The summed E-state index contributed by atoms with van der Waals surface area (Å²) in [7, 11) is 0. The zero-order valence-electron chi connectivity index (χ0n) is 10.3. The molecule has 1 atom stereocenters. The quantitative estimate of drug-likeness (QED) is 0.899. The monoisotopic (exact) mass is 280 g/mol. The highest BCUT2D eigenvalue weighted by Gasteiger charge is 2.14. The zero-order valence-corrected chi connectivity index (χ0v) is 11.0. The van der Waals surface area contributed by atoms with Gasteiger partial charge in [-0.25, -0.2) is 0 Å². The van der Waals surface area contributed by atoms with E-state index in [-0.39, 0.29) is 12.3 Å². The normalized spacial score (nSPS) is 12.2. The molecule has 0 spiro atoms. The molecule has 2 aromatic rings. The number of nitrogens with one attached hydrogen (secondary N) is 1. The molecule has 1 amide bonds. The summed E-state index contributed by atoms with van der Waals surface area (Å²) in [4.78, 5) is 11.7. The van der Waals surface area contributed by atoms with Gasteiger partial charge in [0.25, 0.3) is 5.91 Å². The predicted octanol–water partition coefficient (Wildman–Crippen LogP) is 2.11. The molecule has 2 N–H and O–H groups in total. The highest BCUT2D eigenvalue weighted by molar-refractivity contribution is 6.30. The molecule has 0 aliphatic carbocycles. The van der Waals surface area contributed by atoms with Crippen LogP contribution in [-0.2, 0) is 0 Å². The van der Waals surface area contributed by atoms with Gasteiger partial charge in [-0.05, 0) is 19.1 Å². The topological polar surface area (TPSA) is 75.4 Å². The summed E-state index contributed by atoms with van der Waals surface area (Å²) in [6.45, 7) is 1.74. The van der Waals surface area contributed by atoms with Gasteiger partial charge in [0.15, 0.2) is 0 Å². The first kappa shape index (κ1) is 13.6. The maximum Gasteiger partial charge on any atom is 0.290 e. The minimum absolute atomic E-state index is 0.0932. The SMILES string of the molecule is C[C@H](O)CNC(=O)c1cc(-c2cccc(Cl)c2)no1. The van der Waals surface area contributed by atoms with Crippen LogP contribution >= 0.6 is 11.6 Å². The van der Waals surface area contributed by atoms with E-state index in [1.807, 2.05) is 6.07 Å². The van der Waals surface area contributed by atoms with Gasteiger partial charge in [0.2, 0.25) is 5.76 Å². The Bertz CT molecular complexity index is 581. The van der Waals surface area contributed by atoms with E-state index in [1.165, 1.54) is 6.07 Å². The van der Waals surface area contributed by atoms with Crippen molar-refractivity contribution in [3.05, 3.63) is 41.1 Å². The highest BCUT2D eigenvalue weighted by atomic mass is 35.5. The van der Waals surface area contributed by atoms with Crippen LogP contribution in [0.15, 0.2) is 34.9 Å². The minimum Gasteiger partial charge on any atom is -0.392 e. The number of aliphatic hydroxyl groups excluding tert-OH is 1. The molecule has 0 aliphatic heterocycles. The Balaban J connectivity index is 2.13. The average Bonchev–Trinajstić information content (AvgIpc) is 2.85. The highest BCUT2D eigenvalue weighted by Crippen LogP contribution is 2.22. The molecule has 100 valence electrons. The van der Waals surface area contributed by atoms with Crippen molar-refractivity contribution >= 4 is 17.5 Å². The molecule has 0 fully saturated rings. The molecule has 1 aromatic carbocycles. The number of hydrogen-bond acceptors (Lipinski definition) is 4. The average molecular weight is 281 g/mol. The molecular weight excluding hydrogens is 268 g/mol. The molecule has 0 unspecified atom stereocenters. The Morgan fingerprint density at radius 3 is 3.00 bits per heavy atom. The second-order valence-electron chi connectivity index (χ2n) is 4.15. The Hall–Kier alpha value is -1.85. The fraction of sp³-hybridized carbons (Fsp3) is 0.231. The molecule has 1 aromatic heterocycles. The van der Waals surface area contributed by atoms with Crippen LogP contribution in [0.4, 0.5) is 0 Å². The maximum atomic E-state index is 11.7. The molecule has 19 heavy (non-hydrogen) atoms. The lowest BCUT2D eigenvalue weighted by atomic mass is 10.1. The first-order valence-corrected chi connectivity index (χ1v) is 6.13. The fourth-order valence-corrected chi connectivity index (χ4v) is 1.68. The third kappa shape index (κ3) is 3.56. The Morgan fingerprint density at radius 2 is 2.32 bits per heavy atom. The van der Waals surface area contributed by atoms with E-state index in [9.17, 15) is 4.79 Å². The van der Waals surface area contributed by atoms with Crippen molar-refractivity contribution < 1.29 is 14.4 Å². The molecule has 0 aliphatic rings. The van der Waals surface area contributed by atoms with Gasteiger partial charge in [-0.2, -0.15) is 0 Å². The van der Waals surface area contributed by atoms with Crippen LogP contribution in [0.1, 0.15) is 17.5 Å². The van der Waals surface area contributed by atoms with Crippen LogP contribution < -0.4 is 5.32 Å². The number of nitrogens with zero attached hydrogens (tertiary/aromatic N) is 1. The van der Waals surface area contributed by atoms with Crippen LogP contribution in [-0.4, -0.2) is 28.8 Å². The minimum atomic E-state index is -0.612. The Labute approximate surface area is 115 Å². The zero-order chi connectivity index (χ0) is 13.8. The molecule has 0 saturated heterocycles. The van der Waals surface area contributed by atoms with Gasteiger partial charge in [0.1, 0.15) is 5.69 Å². The Kier molecular flexibility index (Phi) is 4.19. The van der Waals surface area contributed by atoms with Gasteiger partial charge in [0, 0.05) is 23.2 Å². The predicted molar refractivity (Wildman–Crippen MR) is 71.0 cm³/mol. The Morgan fingerprint density at radius 1 is 1.53 bits per heavy atom. The fourth-order valence-electron chi connectivity index (χ4n) is 1.49. The molecule has 0 radical (unpaired) electrons. The first-order chi connectivity index (χ1) is 9.06. The third-order valence-electron chi connectivity index (χ3n) is 2.41.